The maximum absolute atomic E-state index is 12.9. The molecule has 158 valence electrons. The molecule has 3 heterocycles. The average Bonchev–Trinajstić information content (AvgIpc) is 3.10. The minimum absolute atomic E-state index is 0.0456. The van der Waals surface area contributed by atoms with E-state index in [0.717, 1.165) is 64.8 Å². The molecule has 1 fully saturated rings. The molecule has 0 aliphatic carbocycles. The first kappa shape index (κ1) is 20.8. The lowest BCUT2D eigenvalue weighted by molar-refractivity contribution is 0.0954. The highest BCUT2D eigenvalue weighted by molar-refractivity contribution is 7.20. The summed E-state index contributed by atoms with van der Waals surface area (Å²) in [6.45, 7) is 12.0. The Kier molecular flexibility index (Phi) is 6.29. The van der Waals surface area contributed by atoms with E-state index in [-0.39, 0.29) is 5.91 Å². The number of thiophene rings is 1. The van der Waals surface area contributed by atoms with Gasteiger partial charge in [-0.15, -0.1) is 11.3 Å². The van der Waals surface area contributed by atoms with E-state index in [1.165, 1.54) is 23.3 Å². The second kappa shape index (κ2) is 9.10. The Bertz CT molecular complexity index is 1040. The minimum Gasteiger partial charge on any atom is -0.353 e. The van der Waals surface area contributed by atoms with E-state index in [2.05, 4.69) is 51.1 Å². The summed E-state index contributed by atoms with van der Waals surface area (Å²) in [5, 5.41) is 4.09. The highest BCUT2D eigenvalue weighted by Gasteiger charge is 2.24. The van der Waals surface area contributed by atoms with Crippen LogP contribution < -0.4 is 10.2 Å². The van der Waals surface area contributed by atoms with Gasteiger partial charge >= 0.3 is 0 Å². The number of fused-ring (bicyclic) bond motifs is 1. The van der Waals surface area contributed by atoms with Crippen molar-refractivity contribution in [1.82, 2.24) is 20.2 Å². The second-order valence-electron chi connectivity index (χ2n) is 7.93. The zero-order chi connectivity index (χ0) is 21.1. The average molecular weight is 424 g/mol. The third-order valence-electron chi connectivity index (χ3n) is 5.66. The Morgan fingerprint density at radius 1 is 1.17 bits per heavy atom. The molecule has 0 spiro atoms. The van der Waals surface area contributed by atoms with Crippen LogP contribution in [0.1, 0.15) is 39.7 Å². The van der Waals surface area contributed by atoms with Crippen molar-refractivity contribution >= 4 is 33.3 Å². The van der Waals surface area contributed by atoms with Crippen LogP contribution in [0.5, 0.6) is 0 Å². The number of carbonyl (C=O) groups is 1. The largest absolute Gasteiger partial charge is 0.353 e. The smallest absolute Gasteiger partial charge is 0.261 e. The number of carbonyl (C=O) groups excluding carboxylic acids is 1. The van der Waals surface area contributed by atoms with Crippen molar-refractivity contribution in [2.24, 2.45) is 0 Å². The predicted octanol–water partition coefficient (Wildman–Crippen LogP) is 3.77. The Balaban J connectivity index is 1.54. The zero-order valence-electron chi connectivity index (χ0n) is 17.9. The van der Waals surface area contributed by atoms with Gasteiger partial charge in [0.25, 0.3) is 5.91 Å². The monoisotopic (exact) mass is 423 g/mol. The van der Waals surface area contributed by atoms with Crippen molar-refractivity contribution < 1.29 is 4.79 Å². The Morgan fingerprint density at radius 2 is 1.97 bits per heavy atom. The number of anilines is 1. The highest BCUT2D eigenvalue weighted by atomic mass is 32.1. The van der Waals surface area contributed by atoms with E-state index < -0.39 is 0 Å². The molecule has 1 aromatic carbocycles. The molecule has 0 saturated carbocycles. The predicted molar refractivity (Wildman–Crippen MR) is 123 cm³/mol. The number of benzene rings is 1. The van der Waals surface area contributed by atoms with E-state index in [4.69, 9.17) is 0 Å². The molecule has 7 heteroatoms. The third kappa shape index (κ3) is 4.32. The SMILES string of the molecule is CCCN1CCN(c2ncnc3sc(C(=O)NCc4cccc(C)c4)c(C)c23)CC1. The lowest BCUT2D eigenvalue weighted by Gasteiger charge is -2.35. The van der Waals surface area contributed by atoms with E-state index >= 15 is 0 Å². The van der Waals surface area contributed by atoms with Crippen LogP contribution in [-0.2, 0) is 6.54 Å². The van der Waals surface area contributed by atoms with E-state index in [1.807, 2.05) is 19.1 Å². The van der Waals surface area contributed by atoms with Gasteiger partial charge in [0.15, 0.2) is 0 Å². The van der Waals surface area contributed by atoms with Gasteiger partial charge in [-0.1, -0.05) is 36.8 Å². The zero-order valence-corrected chi connectivity index (χ0v) is 18.8. The van der Waals surface area contributed by atoms with Crippen molar-refractivity contribution in [3.05, 3.63) is 52.2 Å². The molecule has 0 bridgehead atoms. The fourth-order valence-electron chi connectivity index (χ4n) is 4.09. The summed E-state index contributed by atoms with van der Waals surface area (Å²) in [6.07, 6.45) is 2.81. The van der Waals surface area contributed by atoms with Gasteiger partial charge in [0, 0.05) is 32.7 Å². The maximum Gasteiger partial charge on any atom is 0.261 e. The standard InChI is InChI=1S/C23H29N5OS/c1-4-8-27-9-11-28(12-10-27)21-19-17(3)20(30-23(19)26-15-25-21)22(29)24-14-18-7-5-6-16(2)13-18/h5-7,13,15H,4,8-12,14H2,1-3H3,(H,24,29). The quantitative estimate of drug-likeness (QED) is 0.654. The second-order valence-corrected chi connectivity index (χ2v) is 8.93. The van der Waals surface area contributed by atoms with Crippen molar-refractivity contribution in [3.63, 3.8) is 0 Å². The molecule has 1 amide bonds. The number of nitrogens with one attached hydrogen (secondary N) is 1. The number of hydrogen-bond acceptors (Lipinski definition) is 6. The van der Waals surface area contributed by atoms with E-state index in [9.17, 15) is 4.79 Å². The highest BCUT2D eigenvalue weighted by Crippen LogP contribution is 2.35. The molecule has 30 heavy (non-hydrogen) atoms. The maximum atomic E-state index is 12.9. The molecule has 1 N–H and O–H groups in total. The summed E-state index contributed by atoms with van der Waals surface area (Å²) in [6, 6.07) is 8.21. The van der Waals surface area contributed by atoms with Crippen LogP contribution in [0.2, 0.25) is 0 Å². The van der Waals surface area contributed by atoms with Crippen molar-refractivity contribution in [2.45, 2.75) is 33.7 Å². The lowest BCUT2D eigenvalue weighted by atomic mass is 10.1. The molecule has 0 unspecified atom stereocenters. The van der Waals surface area contributed by atoms with E-state index in [1.54, 1.807) is 6.33 Å². The first-order valence-corrected chi connectivity index (χ1v) is 11.4. The van der Waals surface area contributed by atoms with Crippen LogP contribution in [0, 0.1) is 13.8 Å². The number of hydrogen-bond donors (Lipinski definition) is 1. The van der Waals surface area contributed by atoms with Gasteiger partial charge in [0.1, 0.15) is 17.0 Å². The van der Waals surface area contributed by atoms with Crippen LogP contribution in [-0.4, -0.2) is 53.5 Å². The lowest BCUT2D eigenvalue weighted by Crippen LogP contribution is -2.46. The van der Waals surface area contributed by atoms with Crippen molar-refractivity contribution in [2.75, 3.05) is 37.6 Å². The number of piperazine rings is 1. The fourth-order valence-corrected chi connectivity index (χ4v) is 5.15. The van der Waals surface area contributed by atoms with Crippen LogP contribution in [0.3, 0.4) is 0 Å². The van der Waals surface area contributed by atoms with Crippen LogP contribution in [0.25, 0.3) is 10.2 Å². The summed E-state index contributed by atoms with van der Waals surface area (Å²) in [7, 11) is 0. The third-order valence-corrected chi connectivity index (χ3v) is 6.86. The summed E-state index contributed by atoms with van der Waals surface area (Å²) < 4.78 is 0. The van der Waals surface area contributed by atoms with E-state index in [0.29, 0.717) is 6.54 Å². The minimum atomic E-state index is -0.0456. The summed E-state index contributed by atoms with van der Waals surface area (Å²) >= 11 is 1.46. The Hall–Kier alpha value is -2.51. The Morgan fingerprint density at radius 3 is 2.70 bits per heavy atom. The molecular formula is C23H29N5OS. The first-order valence-electron chi connectivity index (χ1n) is 10.6. The van der Waals surface area contributed by atoms with Gasteiger partial charge in [-0.05, 0) is 37.9 Å². The summed E-state index contributed by atoms with van der Waals surface area (Å²) in [4.78, 5) is 28.4. The number of aryl methyl sites for hydroxylation is 2. The molecule has 6 nitrogen and oxygen atoms in total. The molecule has 1 saturated heterocycles. The number of aromatic nitrogens is 2. The van der Waals surface area contributed by atoms with Gasteiger partial charge in [-0.2, -0.15) is 0 Å². The molecule has 1 aliphatic rings. The van der Waals surface area contributed by atoms with Crippen LogP contribution >= 0.6 is 11.3 Å². The topological polar surface area (TPSA) is 61.4 Å². The van der Waals surface area contributed by atoms with Gasteiger partial charge in [0.2, 0.25) is 0 Å². The molecule has 0 atom stereocenters. The van der Waals surface area contributed by atoms with Crippen LogP contribution in [0.4, 0.5) is 5.82 Å². The summed E-state index contributed by atoms with van der Waals surface area (Å²) in [5.41, 5.74) is 3.27. The number of nitrogens with zero attached hydrogens (tertiary/aromatic N) is 4. The van der Waals surface area contributed by atoms with Gasteiger partial charge < -0.3 is 10.2 Å². The summed E-state index contributed by atoms with van der Waals surface area (Å²) in [5.74, 6) is 0.915. The molecule has 1 aliphatic heterocycles. The molecule has 3 aromatic rings. The molecule has 0 radical (unpaired) electrons. The van der Waals surface area contributed by atoms with Crippen molar-refractivity contribution in [1.29, 1.82) is 0 Å². The number of amides is 1. The van der Waals surface area contributed by atoms with Crippen LogP contribution in [0.15, 0.2) is 30.6 Å². The molecule has 2 aromatic heterocycles. The van der Waals surface area contributed by atoms with Gasteiger partial charge in [0.05, 0.1) is 10.3 Å². The normalized spacial score (nSPS) is 15.0. The van der Waals surface area contributed by atoms with Gasteiger partial charge in [-0.25, -0.2) is 9.97 Å². The molecular weight excluding hydrogens is 394 g/mol. The molecule has 4 rings (SSSR count). The first-order chi connectivity index (χ1) is 14.6. The fraction of sp³-hybridized carbons (Fsp3) is 0.435. The van der Waals surface area contributed by atoms with Crippen molar-refractivity contribution in [3.8, 4) is 0 Å². The number of rotatable bonds is 6. The van der Waals surface area contributed by atoms with Gasteiger partial charge in [-0.3, -0.25) is 9.69 Å². The Labute approximate surface area is 181 Å².